The summed E-state index contributed by atoms with van der Waals surface area (Å²) < 4.78 is 38.3. The lowest BCUT2D eigenvalue weighted by Crippen LogP contribution is -2.08. The molecule has 3 nitrogen and oxygen atoms in total. The highest BCUT2D eigenvalue weighted by molar-refractivity contribution is 5.74. The Balaban J connectivity index is 2.53. The minimum absolute atomic E-state index is 0.0616. The summed E-state index contributed by atoms with van der Waals surface area (Å²) in [5, 5.41) is 0. The van der Waals surface area contributed by atoms with Gasteiger partial charge in [0, 0.05) is 18.0 Å². The van der Waals surface area contributed by atoms with Gasteiger partial charge < -0.3 is 0 Å². The van der Waals surface area contributed by atoms with Crippen LogP contribution >= 0.6 is 0 Å². The number of benzene rings is 1. The lowest BCUT2D eigenvalue weighted by molar-refractivity contribution is -0.137. The summed E-state index contributed by atoms with van der Waals surface area (Å²) in [5.41, 5.74) is -0.699. The number of nitrogens with zero attached hydrogens (tertiary/aromatic N) is 2. The molecule has 0 amide bonds. The fraction of sp³-hybridized carbons (Fsp3) is 0.0833. The number of alkyl halides is 3. The smallest absolute Gasteiger partial charge is 0.298 e. The van der Waals surface area contributed by atoms with Crippen molar-refractivity contribution in [2.45, 2.75) is 6.18 Å². The molecule has 0 saturated carbocycles. The Kier molecular flexibility index (Phi) is 3.10. The zero-order valence-electron chi connectivity index (χ0n) is 8.98. The van der Waals surface area contributed by atoms with Crippen LogP contribution in [0.1, 0.15) is 15.9 Å². The van der Waals surface area contributed by atoms with E-state index in [0.717, 1.165) is 6.07 Å². The first-order valence-electron chi connectivity index (χ1n) is 4.96. The first-order valence-corrected chi connectivity index (χ1v) is 4.96. The largest absolute Gasteiger partial charge is 0.417 e. The maximum atomic E-state index is 12.8. The van der Waals surface area contributed by atoms with Crippen molar-refractivity contribution in [2.75, 3.05) is 0 Å². The molecule has 92 valence electrons. The van der Waals surface area contributed by atoms with Gasteiger partial charge in [-0.1, -0.05) is 18.2 Å². The molecule has 6 heteroatoms. The molecule has 0 aliphatic carbocycles. The second-order valence-corrected chi connectivity index (χ2v) is 3.50. The number of rotatable bonds is 2. The Hall–Kier alpha value is -2.24. The molecule has 1 heterocycles. The number of halogens is 3. The maximum absolute atomic E-state index is 12.8. The summed E-state index contributed by atoms with van der Waals surface area (Å²) in [6, 6.07) is 5.03. The van der Waals surface area contributed by atoms with Crippen molar-refractivity contribution in [3.8, 4) is 11.4 Å². The van der Waals surface area contributed by atoms with Crippen LogP contribution in [0.5, 0.6) is 0 Å². The monoisotopic (exact) mass is 252 g/mol. The lowest BCUT2D eigenvalue weighted by Gasteiger charge is -2.11. The molecule has 0 radical (unpaired) electrons. The molecule has 0 aliphatic rings. The van der Waals surface area contributed by atoms with Gasteiger partial charge >= 0.3 is 6.18 Å². The summed E-state index contributed by atoms with van der Waals surface area (Å²) in [6.45, 7) is 0. The Morgan fingerprint density at radius 2 is 1.67 bits per heavy atom. The molecule has 0 saturated heterocycles. The van der Waals surface area contributed by atoms with Gasteiger partial charge in [0.25, 0.3) is 0 Å². The van der Waals surface area contributed by atoms with Crippen LogP contribution < -0.4 is 0 Å². The normalized spacial score (nSPS) is 11.3. The quantitative estimate of drug-likeness (QED) is 0.771. The van der Waals surface area contributed by atoms with Gasteiger partial charge in [-0.3, -0.25) is 4.79 Å². The summed E-state index contributed by atoms with van der Waals surface area (Å²) in [7, 11) is 0. The molecule has 1 aromatic carbocycles. The van der Waals surface area contributed by atoms with E-state index in [2.05, 4.69) is 9.97 Å². The van der Waals surface area contributed by atoms with E-state index in [1.807, 2.05) is 0 Å². The fourth-order valence-corrected chi connectivity index (χ4v) is 1.46. The zero-order chi connectivity index (χ0) is 13.2. The lowest BCUT2D eigenvalue weighted by atomic mass is 10.1. The second-order valence-electron chi connectivity index (χ2n) is 3.50. The molecular formula is C12H7F3N2O. The van der Waals surface area contributed by atoms with Crippen LogP contribution in [-0.4, -0.2) is 16.3 Å². The predicted molar refractivity (Wildman–Crippen MR) is 57.9 cm³/mol. The summed E-state index contributed by atoms with van der Waals surface area (Å²) >= 11 is 0. The molecule has 0 atom stereocenters. The predicted octanol–water partition coefficient (Wildman–Crippen LogP) is 2.97. The van der Waals surface area contributed by atoms with Crippen molar-refractivity contribution in [1.29, 1.82) is 0 Å². The van der Waals surface area contributed by atoms with Gasteiger partial charge in [-0.05, 0) is 6.07 Å². The zero-order valence-corrected chi connectivity index (χ0v) is 8.98. The number of aromatic nitrogens is 2. The van der Waals surface area contributed by atoms with Crippen molar-refractivity contribution in [3.63, 3.8) is 0 Å². The van der Waals surface area contributed by atoms with Crippen molar-refractivity contribution in [1.82, 2.24) is 9.97 Å². The van der Waals surface area contributed by atoms with Gasteiger partial charge in [0.05, 0.1) is 11.1 Å². The van der Waals surface area contributed by atoms with Gasteiger partial charge in [-0.15, -0.1) is 0 Å². The third-order valence-corrected chi connectivity index (χ3v) is 2.28. The van der Waals surface area contributed by atoms with Crippen LogP contribution in [0, 0.1) is 0 Å². The Labute approximate surface area is 100 Å². The number of hydrogen-bond acceptors (Lipinski definition) is 3. The van der Waals surface area contributed by atoms with E-state index in [9.17, 15) is 18.0 Å². The SMILES string of the molecule is O=Cc1cnc(-c2ccccc2C(F)(F)F)nc1. The summed E-state index contributed by atoms with van der Waals surface area (Å²) in [6.07, 6.45) is -1.58. The Morgan fingerprint density at radius 1 is 1.06 bits per heavy atom. The molecule has 0 unspecified atom stereocenters. The highest BCUT2D eigenvalue weighted by atomic mass is 19.4. The highest BCUT2D eigenvalue weighted by Crippen LogP contribution is 2.35. The van der Waals surface area contributed by atoms with Crippen molar-refractivity contribution in [3.05, 3.63) is 47.8 Å². The van der Waals surface area contributed by atoms with Crippen LogP contribution in [-0.2, 0) is 6.18 Å². The molecule has 1 aromatic heterocycles. The van der Waals surface area contributed by atoms with Gasteiger partial charge in [-0.2, -0.15) is 13.2 Å². The highest BCUT2D eigenvalue weighted by Gasteiger charge is 2.33. The molecule has 0 N–H and O–H groups in total. The standard InChI is InChI=1S/C12H7F3N2O/c13-12(14,15)10-4-2-1-3-9(10)11-16-5-8(7-18)6-17-11/h1-7H. The minimum Gasteiger partial charge on any atom is -0.298 e. The second kappa shape index (κ2) is 4.56. The molecule has 0 aliphatic heterocycles. The Bertz CT molecular complexity index is 564. The van der Waals surface area contributed by atoms with Crippen molar-refractivity contribution >= 4 is 6.29 Å². The van der Waals surface area contributed by atoms with E-state index in [4.69, 9.17) is 0 Å². The maximum Gasteiger partial charge on any atom is 0.417 e. The van der Waals surface area contributed by atoms with Gasteiger partial charge in [-0.25, -0.2) is 9.97 Å². The average molecular weight is 252 g/mol. The van der Waals surface area contributed by atoms with Crippen molar-refractivity contribution in [2.24, 2.45) is 0 Å². The van der Waals surface area contributed by atoms with Crippen LogP contribution in [0.3, 0.4) is 0 Å². The van der Waals surface area contributed by atoms with E-state index < -0.39 is 11.7 Å². The minimum atomic E-state index is -4.47. The van der Waals surface area contributed by atoms with Crippen LogP contribution in [0.4, 0.5) is 13.2 Å². The van der Waals surface area contributed by atoms with E-state index in [1.54, 1.807) is 0 Å². The Morgan fingerprint density at radius 3 is 2.22 bits per heavy atom. The first kappa shape index (κ1) is 12.2. The fourth-order valence-electron chi connectivity index (χ4n) is 1.46. The van der Waals surface area contributed by atoms with Crippen LogP contribution in [0.25, 0.3) is 11.4 Å². The van der Waals surface area contributed by atoms with Gasteiger partial charge in [0.2, 0.25) is 0 Å². The molecule has 0 bridgehead atoms. The first-order chi connectivity index (χ1) is 8.52. The number of aldehydes is 1. The van der Waals surface area contributed by atoms with Crippen LogP contribution in [0.2, 0.25) is 0 Å². The third kappa shape index (κ3) is 2.37. The van der Waals surface area contributed by atoms with Crippen molar-refractivity contribution < 1.29 is 18.0 Å². The summed E-state index contributed by atoms with van der Waals surface area (Å²) in [4.78, 5) is 17.9. The van der Waals surface area contributed by atoms with E-state index >= 15 is 0 Å². The van der Waals surface area contributed by atoms with Gasteiger partial charge in [0.1, 0.15) is 0 Å². The molecule has 18 heavy (non-hydrogen) atoms. The van der Waals surface area contributed by atoms with Crippen LogP contribution in [0.15, 0.2) is 36.7 Å². The van der Waals surface area contributed by atoms with E-state index in [0.29, 0.717) is 6.29 Å². The number of carbonyl (C=O) groups excluding carboxylic acids is 1. The number of hydrogen-bond donors (Lipinski definition) is 0. The molecule has 0 fully saturated rings. The van der Waals surface area contributed by atoms with E-state index in [1.165, 1.54) is 30.6 Å². The third-order valence-electron chi connectivity index (χ3n) is 2.28. The van der Waals surface area contributed by atoms with Gasteiger partial charge in [0.15, 0.2) is 12.1 Å². The van der Waals surface area contributed by atoms with E-state index in [-0.39, 0.29) is 17.0 Å². The topological polar surface area (TPSA) is 42.9 Å². The number of carbonyl (C=O) groups is 1. The molecule has 2 aromatic rings. The summed E-state index contributed by atoms with van der Waals surface area (Å²) in [5.74, 6) is -0.0616. The molecule has 0 spiro atoms. The molecular weight excluding hydrogens is 245 g/mol. The average Bonchev–Trinajstić information content (AvgIpc) is 2.38. The molecule has 2 rings (SSSR count).